The van der Waals surface area contributed by atoms with E-state index in [1.807, 2.05) is 6.07 Å². The Kier molecular flexibility index (Phi) is 5.71. The third-order valence-electron chi connectivity index (χ3n) is 5.43. The Hall–Kier alpha value is -0.930. The van der Waals surface area contributed by atoms with E-state index >= 15 is 0 Å². The third-order valence-corrected chi connectivity index (χ3v) is 5.65. The minimum absolute atomic E-state index is 0.000969. The lowest BCUT2D eigenvalue weighted by Crippen LogP contribution is -2.19. The second-order valence-electron chi connectivity index (χ2n) is 6.68. The van der Waals surface area contributed by atoms with Gasteiger partial charge in [-0.3, -0.25) is 0 Å². The molecule has 1 aromatic rings. The van der Waals surface area contributed by atoms with Gasteiger partial charge in [-0.05, 0) is 36.3 Å². The molecule has 0 amide bonds. The van der Waals surface area contributed by atoms with Crippen molar-refractivity contribution in [2.24, 2.45) is 11.8 Å². The van der Waals surface area contributed by atoms with Crippen molar-refractivity contribution < 1.29 is 14.2 Å². The maximum absolute atomic E-state index is 6.32. The Labute approximate surface area is 144 Å². The van der Waals surface area contributed by atoms with E-state index in [9.17, 15) is 0 Å². The average Bonchev–Trinajstić information content (AvgIpc) is 3.05. The van der Waals surface area contributed by atoms with Crippen LogP contribution in [0.25, 0.3) is 0 Å². The van der Waals surface area contributed by atoms with Gasteiger partial charge in [-0.15, -0.1) is 11.6 Å². The quantitative estimate of drug-likeness (QED) is 0.725. The van der Waals surface area contributed by atoms with E-state index in [1.54, 1.807) is 14.2 Å². The highest BCUT2D eigenvalue weighted by Crippen LogP contribution is 2.45. The minimum Gasteiger partial charge on any atom is -0.493 e. The molecule has 1 aliphatic heterocycles. The summed E-state index contributed by atoms with van der Waals surface area (Å²) in [6, 6.07) is 4.21. The number of ether oxygens (including phenoxy) is 3. The molecule has 4 heteroatoms. The summed E-state index contributed by atoms with van der Waals surface area (Å²) in [7, 11) is 3.38. The zero-order chi connectivity index (χ0) is 16.2. The van der Waals surface area contributed by atoms with Crippen molar-refractivity contribution in [3.63, 3.8) is 0 Å². The second-order valence-corrected chi connectivity index (χ2v) is 7.06. The molecular formula is C19H27ClO3. The van der Waals surface area contributed by atoms with Crippen LogP contribution in [-0.2, 0) is 11.2 Å². The Bertz CT molecular complexity index is 526. The van der Waals surface area contributed by atoms with Crippen molar-refractivity contribution in [2.75, 3.05) is 26.7 Å². The Morgan fingerprint density at radius 2 is 1.91 bits per heavy atom. The fourth-order valence-corrected chi connectivity index (χ4v) is 4.44. The van der Waals surface area contributed by atoms with Crippen LogP contribution in [0.1, 0.15) is 49.3 Å². The number of rotatable bonds is 5. The maximum atomic E-state index is 6.32. The molecular weight excluding hydrogens is 312 g/mol. The number of methoxy groups -OCH3 is 2. The van der Waals surface area contributed by atoms with Crippen LogP contribution < -0.4 is 9.47 Å². The molecule has 0 bridgehead atoms. The normalized spacial score (nSPS) is 25.0. The molecule has 2 atom stereocenters. The van der Waals surface area contributed by atoms with E-state index in [0.29, 0.717) is 11.8 Å². The molecule has 1 heterocycles. The zero-order valence-electron chi connectivity index (χ0n) is 14.1. The summed E-state index contributed by atoms with van der Waals surface area (Å²) in [5.41, 5.74) is 2.49. The van der Waals surface area contributed by atoms with Crippen LogP contribution in [-0.4, -0.2) is 26.7 Å². The average molecular weight is 339 g/mol. The van der Waals surface area contributed by atoms with Gasteiger partial charge in [0.15, 0.2) is 11.5 Å². The highest BCUT2D eigenvalue weighted by Gasteiger charge is 2.33. The molecule has 1 aromatic carbocycles. The third kappa shape index (κ3) is 3.46. The summed E-state index contributed by atoms with van der Waals surface area (Å²) in [6.07, 6.45) is 7.29. The predicted molar refractivity (Wildman–Crippen MR) is 92.7 cm³/mol. The Morgan fingerprint density at radius 1 is 1.13 bits per heavy atom. The SMILES string of the molecule is COc1ccc2c(c1OC)C(CCCl)OCC(C1CCCC1)C2. The molecule has 128 valence electrons. The van der Waals surface area contributed by atoms with Crippen LogP contribution in [0.3, 0.4) is 0 Å². The first kappa shape index (κ1) is 16.9. The number of hydrogen-bond acceptors (Lipinski definition) is 3. The van der Waals surface area contributed by atoms with Gasteiger partial charge < -0.3 is 14.2 Å². The standard InChI is InChI=1S/C19H27ClO3/c1-21-17-8-7-14-11-15(13-5-3-4-6-13)12-23-16(9-10-20)18(14)19(17)22-2/h7-8,13,15-16H,3-6,9-12H2,1-2H3. The lowest BCUT2D eigenvalue weighted by Gasteiger charge is -2.22. The Morgan fingerprint density at radius 3 is 2.57 bits per heavy atom. The van der Waals surface area contributed by atoms with Crippen LogP contribution in [0.4, 0.5) is 0 Å². The highest BCUT2D eigenvalue weighted by atomic mass is 35.5. The van der Waals surface area contributed by atoms with Gasteiger partial charge >= 0.3 is 0 Å². The summed E-state index contributed by atoms with van der Waals surface area (Å²) >= 11 is 6.04. The number of hydrogen-bond donors (Lipinski definition) is 0. The summed E-state index contributed by atoms with van der Waals surface area (Å²) in [6.45, 7) is 0.826. The van der Waals surface area contributed by atoms with E-state index in [2.05, 4.69) is 6.07 Å². The Balaban J connectivity index is 1.97. The largest absolute Gasteiger partial charge is 0.493 e. The van der Waals surface area contributed by atoms with Crippen molar-refractivity contribution in [1.29, 1.82) is 0 Å². The van der Waals surface area contributed by atoms with Crippen LogP contribution >= 0.6 is 11.6 Å². The lowest BCUT2D eigenvalue weighted by atomic mass is 9.85. The minimum atomic E-state index is -0.000969. The first-order valence-electron chi connectivity index (χ1n) is 8.69. The van der Waals surface area contributed by atoms with E-state index in [1.165, 1.54) is 31.2 Å². The van der Waals surface area contributed by atoms with Gasteiger partial charge in [0.1, 0.15) is 0 Å². The molecule has 0 radical (unpaired) electrons. The molecule has 1 saturated carbocycles. The number of alkyl halides is 1. The molecule has 2 aliphatic rings. The van der Waals surface area contributed by atoms with E-state index in [0.717, 1.165) is 42.4 Å². The zero-order valence-corrected chi connectivity index (χ0v) is 14.9. The topological polar surface area (TPSA) is 27.7 Å². The maximum Gasteiger partial charge on any atom is 0.166 e. The van der Waals surface area contributed by atoms with Crippen LogP contribution in [0, 0.1) is 11.8 Å². The molecule has 3 rings (SSSR count). The summed E-state index contributed by atoms with van der Waals surface area (Å²) in [5.74, 6) is 3.57. The van der Waals surface area contributed by atoms with E-state index < -0.39 is 0 Å². The molecule has 3 nitrogen and oxygen atoms in total. The van der Waals surface area contributed by atoms with Gasteiger partial charge in [0, 0.05) is 11.4 Å². The number of halogens is 1. The molecule has 0 saturated heterocycles. The van der Waals surface area contributed by atoms with Crippen LogP contribution in [0.5, 0.6) is 11.5 Å². The van der Waals surface area contributed by atoms with Crippen LogP contribution in [0.2, 0.25) is 0 Å². The molecule has 0 N–H and O–H groups in total. The fraction of sp³-hybridized carbons (Fsp3) is 0.684. The second kappa shape index (κ2) is 7.76. The van der Waals surface area contributed by atoms with Gasteiger partial charge in [0.25, 0.3) is 0 Å². The van der Waals surface area contributed by atoms with E-state index in [4.69, 9.17) is 25.8 Å². The molecule has 0 spiro atoms. The fourth-order valence-electron chi connectivity index (χ4n) is 4.25. The molecule has 23 heavy (non-hydrogen) atoms. The van der Waals surface area contributed by atoms with Crippen molar-refractivity contribution in [2.45, 2.75) is 44.6 Å². The van der Waals surface area contributed by atoms with Crippen molar-refractivity contribution >= 4 is 11.6 Å². The van der Waals surface area contributed by atoms with Crippen LogP contribution in [0.15, 0.2) is 12.1 Å². The summed E-state index contributed by atoms with van der Waals surface area (Å²) in [5, 5.41) is 0. The number of benzene rings is 1. The van der Waals surface area contributed by atoms with Crippen molar-refractivity contribution in [1.82, 2.24) is 0 Å². The molecule has 1 aliphatic carbocycles. The van der Waals surface area contributed by atoms with Crippen molar-refractivity contribution in [3.05, 3.63) is 23.3 Å². The smallest absolute Gasteiger partial charge is 0.166 e. The lowest BCUT2D eigenvalue weighted by molar-refractivity contribution is 0.0196. The molecule has 1 fully saturated rings. The van der Waals surface area contributed by atoms with Gasteiger partial charge in [-0.25, -0.2) is 0 Å². The first-order chi connectivity index (χ1) is 11.3. The number of fused-ring (bicyclic) bond motifs is 1. The monoisotopic (exact) mass is 338 g/mol. The molecule has 0 aromatic heterocycles. The van der Waals surface area contributed by atoms with E-state index in [-0.39, 0.29) is 6.10 Å². The summed E-state index contributed by atoms with van der Waals surface area (Å²) in [4.78, 5) is 0. The van der Waals surface area contributed by atoms with Gasteiger partial charge in [-0.2, -0.15) is 0 Å². The van der Waals surface area contributed by atoms with Gasteiger partial charge in [0.2, 0.25) is 0 Å². The predicted octanol–water partition coefficient (Wildman–Crippen LogP) is 4.75. The first-order valence-corrected chi connectivity index (χ1v) is 9.23. The highest BCUT2D eigenvalue weighted by molar-refractivity contribution is 6.17. The summed E-state index contributed by atoms with van der Waals surface area (Å²) < 4.78 is 17.5. The van der Waals surface area contributed by atoms with Crippen molar-refractivity contribution in [3.8, 4) is 11.5 Å². The van der Waals surface area contributed by atoms with Gasteiger partial charge in [-0.1, -0.05) is 31.7 Å². The molecule has 2 unspecified atom stereocenters. The van der Waals surface area contributed by atoms with Gasteiger partial charge in [0.05, 0.1) is 26.9 Å².